The molecule has 25 heavy (non-hydrogen) atoms. The predicted octanol–water partition coefficient (Wildman–Crippen LogP) is 3.09. The highest BCUT2D eigenvalue weighted by Crippen LogP contribution is 2.24. The number of halogens is 2. The van der Waals surface area contributed by atoms with Gasteiger partial charge in [-0.1, -0.05) is 51.1 Å². The topological polar surface area (TPSA) is 58.4 Å². The lowest BCUT2D eigenvalue weighted by atomic mass is 9.85. The molecule has 1 aromatic carbocycles. The van der Waals surface area contributed by atoms with Crippen LogP contribution >= 0.6 is 24.8 Å². The molecule has 4 atom stereocenters. The second-order valence-electron chi connectivity index (χ2n) is 7.32. The lowest BCUT2D eigenvalue weighted by Gasteiger charge is -2.42. The number of benzene rings is 1. The third-order valence-electron chi connectivity index (χ3n) is 5.08. The van der Waals surface area contributed by atoms with E-state index in [2.05, 4.69) is 54.4 Å². The van der Waals surface area contributed by atoms with Gasteiger partial charge in [-0.25, -0.2) is 0 Å². The first-order valence-corrected chi connectivity index (χ1v) is 8.70. The second kappa shape index (κ2) is 11.0. The Morgan fingerprint density at radius 1 is 1.16 bits per heavy atom. The average molecular weight is 390 g/mol. The number of piperidine rings is 1. The normalized spacial score (nSPS) is 25.9. The van der Waals surface area contributed by atoms with Crippen molar-refractivity contribution in [3.05, 3.63) is 35.9 Å². The van der Waals surface area contributed by atoms with Crippen LogP contribution in [0.1, 0.15) is 33.3 Å². The van der Waals surface area contributed by atoms with Gasteiger partial charge >= 0.3 is 0 Å². The van der Waals surface area contributed by atoms with Gasteiger partial charge in [0.25, 0.3) is 0 Å². The Kier molecular flexibility index (Phi) is 10.7. The van der Waals surface area contributed by atoms with E-state index in [0.717, 1.165) is 19.6 Å². The van der Waals surface area contributed by atoms with Crippen LogP contribution in [0.2, 0.25) is 0 Å². The smallest absolute Gasteiger partial charge is 0.224 e. The number of nitrogens with one attached hydrogen (secondary N) is 1. The van der Waals surface area contributed by atoms with Crippen LogP contribution in [0, 0.1) is 17.8 Å². The van der Waals surface area contributed by atoms with Gasteiger partial charge in [0.15, 0.2) is 0 Å². The summed E-state index contributed by atoms with van der Waals surface area (Å²) in [6.07, 6.45) is 0. The van der Waals surface area contributed by atoms with Crippen molar-refractivity contribution in [2.75, 3.05) is 13.1 Å². The van der Waals surface area contributed by atoms with E-state index >= 15 is 0 Å². The molecule has 0 saturated carbocycles. The van der Waals surface area contributed by atoms with Crippen LogP contribution in [0.25, 0.3) is 0 Å². The average Bonchev–Trinajstić information content (AvgIpc) is 2.50. The highest BCUT2D eigenvalue weighted by molar-refractivity contribution is 5.85. The molecule has 0 aromatic heterocycles. The molecule has 1 aromatic rings. The molecule has 1 aliphatic heterocycles. The van der Waals surface area contributed by atoms with Crippen molar-refractivity contribution < 1.29 is 4.79 Å². The van der Waals surface area contributed by atoms with Crippen LogP contribution in [0.3, 0.4) is 0 Å². The number of nitrogens with zero attached hydrogens (tertiary/aromatic N) is 1. The molecule has 4 unspecified atom stereocenters. The standard InChI is InChI=1S/C19H31N3O.2ClH/c1-13-10-22(12-17-8-6-5-7-9-17)11-14(2)18(13)21-19(23)15(3)16(4)20;;/h5-9,13-16,18H,10-12,20H2,1-4H3,(H,21,23);2*1H. The van der Waals surface area contributed by atoms with Crippen LogP contribution in [0.15, 0.2) is 30.3 Å². The van der Waals surface area contributed by atoms with Crippen LogP contribution in [0.4, 0.5) is 0 Å². The molecule has 0 spiro atoms. The van der Waals surface area contributed by atoms with E-state index in [0.29, 0.717) is 11.8 Å². The Morgan fingerprint density at radius 2 is 1.68 bits per heavy atom. The zero-order valence-corrected chi connectivity index (χ0v) is 17.3. The zero-order chi connectivity index (χ0) is 17.0. The molecular weight excluding hydrogens is 357 g/mol. The fourth-order valence-corrected chi connectivity index (χ4v) is 3.47. The number of nitrogens with two attached hydrogens (primary N) is 1. The zero-order valence-electron chi connectivity index (χ0n) is 15.6. The van der Waals surface area contributed by atoms with Gasteiger partial charge in [0, 0.05) is 37.6 Å². The maximum absolute atomic E-state index is 12.3. The van der Waals surface area contributed by atoms with Crippen molar-refractivity contribution in [2.24, 2.45) is 23.5 Å². The molecule has 1 saturated heterocycles. The number of hydrogen-bond donors (Lipinski definition) is 2. The van der Waals surface area contributed by atoms with E-state index < -0.39 is 0 Å². The van der Waals surface area contributed by atoms with E-state index in [1.807, 2.05) is 13.8 Å². The Hall–Kier alpha value is -0.810. The third-order valence-corrected chi connectivity index (χ3v) is 5.08. The van der Waals surface area contributed by atoms with Gasteiger partial charge in [0.1, 0.15) is 0 Å². The molecular formula is C19H33Cl2N3O. The quantitative estimate of drug-likeness (QED) is 0.813. The molecule has 1 amide bonds. The number of amides is 1. The summed E-state index contributed by atoms with van der Waals surface area (Å²) in [6.45, 7) is 11.3. The van der Waals surface area contributed by atoms with Gasteiger partial charge in [0.05, 0.1) is 0 Å². The SMILES string of the molecule is CC(N)C(C)C(=O)NC1C(C)CN(Cc2ccccc2)CC1C.Cl.Cl. The summed E-state index contributed by atoms with van der Waals surface area (Å²) in [6, 6.07) is 10.7. The number of carbonyl (C=O) groups excluding carboxylic acids is 1. The Morgan fingerprint density at radius 3 is 2.16 bits per heavy atom. The Bertz CT molecular complexity index is 501. The Labute approximate surface area is 164 Å². The van der Waals surface area contributed by atoms with Crippen LogP contribution in [-0.4, -0.2) is 36.0 Å². The van der Waals surface area contributed by atoms with E-state index in [-0.39, 0.29) is 48.7 Å². The van der Waals surface area contributed by atoms with E-state index in [9.17, 15) is 4.79 Å². The van der Waals surface area contributed by atoms with Crippen molar-refractivity contribution >= 4 is 30.7 Å². The summed E-state index contributed by atoms with van der Waals surface area (Å²) in [5.74, 6) is 0.815. The minimum absolute atomic E-state index is 0. The van der Waals surface area contributed by atoms with E-state index in [1.165, 1.54) is 5.56 Å². The first kappa shape index (κ1) is 24.2. The first-order chi connectivity index (χ1) is 10.9. The molecule has 1 fully saturated rings. The summed E-state index contributed by atoms with van der Waals surface area (Å²) in [7, 11) is 0. The molecule has 0 aliphatic carbocycles. The van der Waals surface area contributed by atoms with Crippen LogP contribution < -0.4 is 11.1 Å². The number of rotatable bonds is 5. The summed E-state index contributed by atoms with van der Waals surface area (Å²) in [4.78, 5) is 14.8. The predicted molar refractivity (Wildman–Crippen MR) is 109 cm³/mol. The summed E-state index contributed by atoms with van der Waals surface area (Å²) in [5, 5.41) is 3.24. The number of carbonyl (C=O) groups is 1. The van der Waals surface area contributed by atoms with Gasteiger partial charge < -0.3 is 11.1 Å². The minimum atomic E-state index is -0.142. The van der Waals surface area contributed by atoms with Crippen molar-refractivity contribution in [3.63, 3.8) is 0 Å². The molecule has 0 radical (unpaired) electrons. The second-order valence-corrected chi connectivity index (χ2v) is 7.32. The fourth-order valence-electron chi connectivity index (χ4n) is 3.47. The maximum atomic E-state index is 12.3. The molecule has 4 nitrogen and oxygen atoms in total. The van der Waals surface area contributed by atoms with Crippen molar-refractivity contribution in [2.45, 2.75) is 46.3 Å². The summed E-state index contributed by atoms with van der Waals surface area (Å²) >= 11 is 0. The molecule has 0 bridgehead atoms. The van der Waals surface area contributed by atoms with Gasteiger partial charge in [-0.15, -0.1) is 24.8 Å². The molecule has 1 heterocycles. The highest BCUT2D eigenvalue weighted by atomic mass is 35.5. The summed E-state index contributed by atoms with van der Waals surface area (Å²) in [5.41, 5.74) is 7.20. The molecule has 144 valence electrons. The maximum Gasteiger partial charge on any atom is 0.224 e. The van der Waals surface area contributed by atoms with E-state index in [4.69, 9.17) is 5.73 Å². The first-order valence-electron chi connectivity index (χ1n) is 8.70. The molecule has 6 heteroatoms. The number of likely N-dealkylation sites (tertiary alicyclic amines) is 1. The van der Waals surface area contributed by atoms with Crippen LogP contribution in [0.5, 0.6) is 0 Å². The fraction of sp³-hybridized carbons (Fsp3) is 0.632. The van der Waals surface area contributed by atoms with Gasteiger partial charge in [-0.3, -0.25) is 9.69 Å². The van der Waals surface area contributed by atoms with Crippen molar-refractivity contribution in [3.8, 4) is 0 Å². The third kappa shape index (κ3) is 6.78. The molecule has 2 rings (SSSR count). The number of hydrogen-bond acceptors (Lipinski definition) is 3. The van der Waals surface area contributed by atoms with Gasteiger partial charge in [-0.05, 0) is 24.3 Å². The highest BCUT2D eigenvalue weighted by Gasteiger charge is 2.34. The largest absolute Gasteiger partial charge is 0.352 e. The minimum Gasteiger partial charge on any atom is -0.352 e. The summed E-state index contributed by atoms with van der Waals surface area (Å²) < 4.78 is 0. The molecule has 3 N–H and O–H groups in total. The monoisotopic (exact) mass is 389 g/mol. The van der Waals surface area contributed by atoms with E-state index in [1.54, 1.807) is 0 Å². The van der Waals surface area contributed by atoms with Crippen molar-refractivity contribution in [1.82, 2.24) is 10.2 Å². The van der Waals surface area contributed by atoms with Crippen molar-refractivity contribution in [1.29, 1.82) is 0 Å². The van der Waals surface area contributed by atoms with Gasteiger partial charge in [0.2, 0.25) is 5.91 Å². The van der Waals surface area contributed by atoms with Gasteiger partial charge in [-0.2, -0.15) is 0 Å². The Balaban J connectivity index is 0.00000288. The lowest BCUT2D eigenvalue weighted by Crippen LogP contribution is -2.56. The lowest BCUT2D eigenvalue weighted by molar-refractivity contribution is -0.127. The molecule has 1 aliphatic rings. The van der Waals surface area contributed by atoms with Crippen LogP contribution in [-0.2, 0) is 11.3 Å².